The van der Waals surface area contributed by atoms with Gasteiger partial charge in [0.25, 0.3) is 0 Å². The van der Waals surface area contributed by atoms with Gasteiger partial charge < -0.3 is 31.7 Å². The van der Waals surface area contributed by atoms with Gasteiger partial charge in [0.15, 0.2) is 11.5 Å². The lowest BCUT2D eigenvalue weighted by molar-refractivity contribution is -0.139. The van der Waals surface area contributed by atoms with E-state index in [0.29, 0.717) is 5.56 Å². The Morgan fingerprint density at radius 2 is 1.95 bits per heavy atom. The Labute approximate surface area is 115 Å². The molecule has 110 valence electrons. The van der Waals surface area contributed by atoms with E-state index in [1.165, 1.54) is 18.2 Å². The fourth-order valence-electron chi connectivity index (χ4n) is 1.53. The summed E-state index contributed by atoms with van der Waals surface area (Å²) in [5, 5.41) is 32.2. The van der Waals surface area contributed by atoms with Crippen LogP contribution in [0.25, 0.3) is 0 Å². The lowest BCUT2D eigenvalue weighted by atomic mass is 10.1. The maximum atomic E-state index is 11.4. The number of nitrogens with two attached hydrogens (primary N) is 1. The molecule has 0 aliphatic rings. The maximum Gasteiger partial charge on any atom is 0.326 e. The number of urea groups is 1. The minimum Gasteiger partial charge on any atom is -0.504 e. The highest BCUT2D eigenvalue weighted by Gasteiger charge is 2.20. The highest BCUT2D eigenvalue weighted by molar-refractivity contribution is 5.82. The predicted molar refractivity (Wildman–Crippen MR) is 70.5 cm³/mol. The molecule has 0 saturated heterocycles. The average molecular weight is 283 g/mol. The van der Waals surface area contributed by atoms with Crippen LogP contribution in [0.2, 0.25) is 0 Å². The number of carboxylic acid groups (broad SMARTS) is 1. The summed E-state index contributed by atoms with van der Waals surface area (Å²) >= 11 is 0. The van der Waals surface area contributed by atoms with E-state index in [4.69, 9.17) is 10.8 Å². The van der Waals surface area contributed by atoms with E-state index in [1.807, 2.05) is 0 Å². The maximum absolute atomic E-state index is 11.4. The van der Waals surface area contributed by atoms with Gasteiger partial charge in [-0.3, -0.25) is 0 Å². The van der Waals surface area contributed by atoms with Crippen LogP contribution in [0.4, 0.5) is 4.79 Å². The first kappa shape index (κ1) is 15.6. The molecule has 0 aromatic heterocycles. The second-order valence-electron chi connectivity index (χ2n) is 4.11. The number of hydrogen-bond donors (Lipinski definition) is 6. The zero-order valence-corrected chi connectivity index (χ0v) is 10.7. The molecule has 0 heterocycles. The molecule has 2 amide bonds. The van der Waals surface area contributed by atoms with Crippen molar-refractivity contribution in [1.82, 2.24) is 10.6 Å². The fraction of sp³-hybridized carbons (Fsp3) is 0.333. The van der Waals surface area contributed by atoms with E-state index in [9.17, 15) is 19.8 Å². The third-order valence-electron chi connectivity index (χ3n) is 2.51. The van der Waals surface area contributed by atoms with Crippen molar-refractivity contribution in [3.05, 3.63) is 23.8 Å². The first-order valence-corrected chi connectivity index (χ1v) is 5.92. The van der Waals surface area contributed by atoms with Crippen LogP contribution in [-0.2, 0) is 11.2 Å². The monoisotopic (exact) mass is 283 g/mol. The van der Waals surface area contributed by atoms with Crippen LogP contribution in [0.3, 0.4) is 0 Å². The van der Waals surface area contributed by atoms with Gasteiger partial charge in [-0.15, -0.1) is 0 Å². The van der Waals surface area contributed by atoms with E-state index in [1.54, 1.807) is 0 Å². The average Bonchev–Trinajstić information content (AvgIpc) is 2.39. The summed E-state index contributed by atoms with van der Waals surface area (Å²) in [4.78, 5) is 22.5. The Kier molecular flexibility index (Phi) is 5.60. The van der Waals surface area contributed by atoms with Crippen molar-refractivity contribution in [3.63, 3.8) is 0 Å². The number of rotatable bonds is 6. The number of carboxylic acids is 1. The van der Waals surface area contributed by atoms with Crippen molar-refractivity contribution in [3.8, 4) is 11.5 Å². The smallest absolute Gasteiger partial charge is 0.326 e. The van der Waals surface area contributed by atoms with Crippen LogP contribution < -0.4 is 16.4 Å². The summed E-state index contributed by atoms with van der Waals surface area (Å²) in [6, 6.07) is 2.16. The number of aliphatic carboxylic acids is 1. The predicted octanol–water partition coefficient (Wildman–Crippen LogP) is -0.649. The van der Waals surface area contributed by atoms with Crippen LogP contribution in [0.5, 0.6) is 11.5 Å². The molecule has 8 heteroatoms. The Morgan fingerprint density at radius 1 is 1.25 bits per heavy atom. The number of amides is 2. The van der Waals surface area contributed by atoms with Gasteiger partial charge >= 0.3 is 12.0 Å². The molecule has 1 unspecified atom stereocenters. The number of carbonyl (C=O) groups is 2. The van der Waals surface area contributed by atoms with Crippen LogP contribution in [-0.4, -0.2) is 46.5 Å². The summed E-state index contributed by atoms with van der Waals surface area (Å²) in [6.07, 6.45) is -0.0286. The van der Waals surface area contributed by atoms with E-state index in [-0.39, 0.29) is 31.0 Å². The largest absolute Gasteiger partial charge is 0.504 e. The molecule has 1 rings (SSSR count). The Balaban J connectivity index is 2.69. The van der Waals surface area contributed by atoms with Gasteiger partial charge in [0.2, 0.25) is 0 Å². The molecule has 0 aliphatic heterocycles. The van der Waals surface area contributed by atoms with Gasteiger partial charge in [-0.2, -0.15) is 0 Å². The van der Waals surface area contributed by atoms with E-state index in [0.717, 1.165) is 0 Å². The molecule has 7 N–H and O–H groups in total. The van der Waals surface area contributed by atoms with Crippen molar-refractivity contribution in [2.24, 2.45) is 5.73 Å². The Hall–Kier alpha value is -2.48. The molecule has 1 atom stereocenters. The third kappa shape index (κ3) is 4.65. The third-order valence-corrected chi connectivity index (χ3v) is 2.51. The number of phenols is 2. The second kappa shape index (κ2) is 7.19. The fourth-order valence-corrected chi connectivity index (χ4v) is 1.53. The van der Waals surface area contributed by atoms with Crippen molar-refractivity contribution in [1.29, 1.82) is 0 Å². The number of aromatic hydroxyl groups is 2. The molecule has 20 heavy (non-hydrogen) atoms. The molecular weight excluding hydrogens is 266 g/mol. The molecule has 1 aromatic rings. The molecule has 0 saturated carbocycles. The second-order valence-corrected chi connectivity index (χ2v) is 4.11. The van der Waals surface area contributed by atoms with Crippen molar-refractivity contribution >= 4 is 12.0 Å². The lowest BCUT2D eigenvalue weighted by Crippen LogP contribution is -2.48. The van der Waals surface area contributed by atoms with E-state index in [2.05, 4.69) is 10.6 Å². The van der Waals surface area contributed by atoms with Crippen LogP contribution >= 0.6 is 0 Å². The summed E-state index contributed by atoms with van der Waals surface area (Å²) in [6.45, 7) is 0.481. The van der Waals surface area contributed by atoms with Crippen LogP contribution in [0.15, 0.2) is 18.2 Å². The van der Waals surface area contributed by atoms with Crippen LogP contribution in [0.1, 0.15) is 5.56 Å². The first-order chi connectivity index (χ1) is 9.43. The first-order valence-electron chi connectivity index (χ1n) is 5.92. The Bertz CT molecular complexity index is 492. The number of phenolic OH excluding ortho intramolecular Hbond substituents is 2. The van der Waals surface area contributed by atoms with Gasteiger partial charge in [0.05, 0.1) is 0 Å². The number of hydrogen-bond acceptors (Lipinski definition) is 5. The van der Waals surface area contributed by atoms with E-state index < -0.39 is 18.0 Å². The zero-order valence-electron chi connectivity index (χ0n) is 10.7. The minimum absolute atomic E-state index is 0.0286. The van der Waals surface area contributed by atoms with Gasteiger partial charge in [-0.05, 0) is 17.7 Å². The SMILES string of the molecule is NCCNC(=O)NC(Cc1ccc(O)c(O)c1)C(=O)O. The topological polar surface area (TPSA) is 145 Å². The molecule has 0 aliphatic carbocycles. The highest BCUT2D eigenvalue weighted by Crippen LogP contribution is 2.25. The number of benzene rings is 1. The van der Waals surface area contributed by atoms with Gasteiger partial charge in [0, 0.05) is 19.5 Å². The van der Waals surface area contributed by atoms with Crippen molar-refractivity contribution in [2.75, 3.05) is 13.1 Å². The summed E-state index contributed by atoms with van der Waals surface area (Å²) < 4.78 is 0. The zero-order chi connectivity index (χ0) is 15.1. The molecule has 0 bridgehead atoms. The normalized spacial score (nSPS) is 11.7. The number of nitrogens with one attached hydrogen (secondary N) is 2. The highest BCUT2D eigenvalue weighted by atomic mass is 16.4. The molecular formula is C12H17N3O5. The Morgan fingerprint density at radius 3 is 2.50 bits per heavy atom. The van der Waals surface area contributed by atoms with Gasteiger partial charge in [-0.1, -0.05) is 6.07 Å². The number of carbonyl (C=O) groups excluding carboxylic acids is 1. The minimum atomic E-state index is -1.21. The summed E-state index contributed by atoms with van der Waals surface area (Å²) in [5.41, 5.74) is 5.68. The van der Waals surface area contributed by atoms with Gasteiger partial charge in [-0.25, -0.2) is 9.59 Å². The lowest BCUT2D eigenvalue weighted by Gasteiger charge is -2.15. The summed E-state index contributed by atoms with van der Waals surface area (Å²) in [7, 11) is 0. The standard InChI is InChI=1S/C12H17N3O5/c13-3-4-14-12(20)15-8(11(18)19)5-7-1-2-9(16)10(17)6-7/h1-2,6,8,16-17H,3-5,13H2,(H,18,19)(H2,14,15,20). The van der Waals surface area contributed by atoms with E-state index >= 15 is 0 Å². The molecule has 0 fully saturated rings. The quantitative estimate of drug-likeness (QED) is 0.383. The molecule has 8 nitrogen and oxygen atoms in total. The molecule has 0 radical (unpaired) electrons. The van der Waals surface area contributed by atoms with Crippen molar-refractivity contribution in [2.45, 2.75) is 12.5 Å². The van der Waals surface area contributed by atoms with Crippen LogP contribution in [0, 0.1) is 0 Å². The summed E-state index contributed by atoms with van der Waals surface area (Å²) in [5.74, 6) is -1.85. The molecule has 1 aromatic carbocycles. The van der Waals surface area contributed by atoms with Gasteiger partial charge in [0.1, 0.15) is 6.04 Å². The molecule has 0 spiro atoms. The van der Waals surface area contributed by atoms with Crippen molar-refractivity contribution < 1.29 is 24.9 Å².